The molecule has 0 heterocycles. The highest BCUT2D eigenvalue weighted by Crippen LogP contribution is 2.55. The molecule has 0 aliphatic heterocycles. The summed E-state index contributed by atoms with van der Waals surface area (Å²) in [5, 5.41) is 30.2. The Hall–Kier alpha value is -0.380. The number of rotatable bonds is 0. The van der Waals surface area contributed by atoms with Gasteiger partial charge < -0.3 is 15.3 Å². The smallest absolute Gasteiger partial charge is 0.0885 e. The van der Waals surface area contributed by atoms with Crippen LogP contribution in [-0.4, -0.2) is 32.1 Å². The van der Waals surface area contributed by atoms with Gasteiger partial charge in [0.1, 0.15) is 0 Å². The lowest BCUT2D eigenvalue weighted by molar-refractivity contribution is -0.186. The first-order valence-corrected chi connectivity index (χ1v) is 4.78. The molecule has 3 nitrogen and oxygen atoms in total. The highest BCUT2D eigenvalue weighted by molar-refractivity contribution is 5.32. The van der Waals surface area contributed by atoms with Crippen LogP contribution in [0.5, 0.6) is 0 Å². The molecule has 2 unspecified atom stereocenters. The highest BCUT2D eigenvalue weighted by atomic mass is 16.3. The van der Waals surface area contributed by atoms with Crippen LogP contribution in [0.1, 0.15) is 32.1 Å². The monoisotopic (exact) mass is 182 g/mol. The normalized spacial score (nSPS) is 58.2. The van der Waals surface area contributed by atoms with Crippen LogP contribution in [0.15, 0.2) is 11.6 Å². The molecule has 4 aliphatic rings. The Labute approximate surface area is 76.7 Å². The van der Waals surface area contributed by atoms with Crippen molar-refractivity contribution < 1.29 is 15.3 Å². The molecule has 4 bridgehead atoms. The number of hydrogen-bond acceptors (Lipinski definition) is 3. The van der Waals surface area contributed by atoms with Crippen LogP contribution >= 0.6 is 0 Å². The lowest BCUT2D eigenvalue weighted by Crippen LogP contribution is -2.62. The standard InChI is InChI=1S/C10H14O3/c11-8-1-7-2-9(12,4-8)6-10(13,3-7)5-8/h1,11-13H,2-6H2. The average molecular weight is 182 g/mol. The van der Waals surface area contributed by atoms with Gasteiger partial charge in [-0.05, 0) is 12.8 Å². The zero-order valence-corrected chi connectivity index (χ0v) is 7.45. The Morgan fingerprint density at radius 3 is 1.85 bits per heavy atom. The molecule has 0 aromatic heterocycles. The fourth-order valence-electron chi connectivity index (χ4n) is 3.68. The SMILES string of the molecule is OC12C=C3CC(O)(C1)CC(O)(C3)C2. The molecule has 0 spiro atoms. The molecular weight excluding hydrogens is 168 g/mol. The molecule has 2 atom stereocenters. The highest BCUT2D eigenvalue weighted by Gasteiger charge is 2.58. The molecule has 0 aromatic rings. The molecular formula is C10H14O3. The van der Waals surface area contributed by atoms with Gasteiger partial charge in [0.25, 0.3) is 0 Å². The molecule has 3 heteroatoms. The van der Waals surface area contributed by atoms with E-state index in [1.54, 1.807) is 0 Å². The fraction of sp³-hybridized carbons (Fsp3) is 0.800. The van der Waals surface area contributed by atoms with Crippen LogP contribution in [0.3, 0.4) is 0 Å². The Balaban J connectivity index is 2.14. The van der Waals surface area contributed by atoms with Crippen molar-refractivity contribution >= 4 is 0 Å². The molecule has 2 fully saturated rings. The zero-order valence-electron chi connectivity index (χ0n) is 7.45. The summed E-state index contributed by atoms with van der Waals surface area (Å²) in [4.78, 5) is 0. The van der Waals surface area contributed by atoms with Crippen molar-refractivity contribution in [1.82, 2.24) is 0 Å². The van der Waals surface area contributed by atoms with Crippen molar-refractivity contribution in [1.29, 1.82) is 0 Å². The van der Waals surface area contributed by atoms with Crippen LogP contribution < -0.4 is 0 Å². The third-order valence-corrected chi connectivity index (χ3v) is 3.51. The third-order valence-electron chi connectivity index (χ3n) is 3.51. The summed E-state index contributed by atoms with van der Waals surface area (Å²) in [5.41, 5.74) is -1.60. The summed E-state index contributed by atoms with van der Waals surface area (Å²) in [6.45, 7) is 0. The summed E-state index contributed by atoms with van der Waals surface area (Å²) < 4.78 is 0. The summed E-state index contributed by atoms with van der Waals surface area (Å²) in [6, 6.07) is 0. The molecule has 72 valence electrons. The maximum Gasteiger partial charge on any atom is 0.0885 e. The van der Waals surface area contributed by atoms with Gasteiger partial charge in [-0.25, -0.2) is 0 Å². The van der Waals surface area contributed by atoms with Gasteiger partial charge in [0.05, 0.1) is 16.8 Å². The maximum absolute atomic E-state index is 10.1. The number of aliphatic hydroxyl groups is 3. The Morgan fingerprint density at radius 1 is 0.923 bits per heavy atom. The summed E-state index contributed by atoms with van der Waals surface area (Å²) in [5.74, 6) is 0. The van der Waals surface area contributed by atoms with Crippen LogP contribution in [0, 0.1) is 0 Å². The van der Waals surface area contributed by atoms with Crippen molar-refractivity contribution in [3.8, 4) is 0 Å². The fourth-order valence-corrected chi connectivity index (χ4v) is 3.68. The van der Waals surface area contributed by atoms with E-state index in [0.29, 0.717) is 32.1 Å². The predicted molar refractivity (Wildman–Crippen MR) is 46.0 cm³/mol. The summed E-state index contributed by atoms with van der Waals surface area (Å²) >= 11 is 0. The Kier molecular flexibility index (Phi) is 1.13. The molecule has 13 heavy (non-hydrogen) atoms. The van der Waals surface area contributed by atoms with E-state index in [-0.39, 0.29) is 0 Å². The van der Waals surface area contributed by atoms with Gasteiger partial charge >= 0.3 is 0 Å². The largest absolute Gasteiger partial charge is 0.389 e. The molecule has 3 N–H and O–H groups in total. The first kappa shape index (κ1) is 7.97. The second-order valence-electron chi connectivity index (χ2n) is 5.24. The van der Waals surface area contributed by atoms with Crippen molar-refractivity contribution in [2.24, 2.45) is 0 Å². The van der Waals surface area contributed by atoms with Crippen LogP contribution in [0.2, 0.25) is 0 Å². The lowest BCUT2D eigenvalue weighted by Gasteiger charge is -2.57. The first-order valence-electron chi connectivity index (χ1n) is 4.78. The second kappa shape index (κ2) is 1.85. The minimum absolute atomic E-state index is 0.395. The van der Waals surface area contributed by atoms with E-state index < -0.39 is 16.8 Å². The van der Waals surface area contributed by atoms with Crippen molar-refractivity contribution in [3.63, 3.8) is 0 Å². The van der Waals surface area contributed by atoms with Gasteiger partial charge in [-0.15, -0.1) is 0 Å². The first-order chi connectivity index (χ1) is 5.91. The van der Waals surface area contributed by atoms with E-state index in [0.717, 1.165) is 5.57 Å². The lowest BCUT2D eigenvalue weighted by atomic mass is 9.55. The van der Waals surface area contributed by atoms with Gasteiger partial charge in [-0.2, -0.15) is 0 Å². The molecule has 4 aliphatic carbocycles. The summed E-state index contributed by atoms with van der Waals surface area (Å²) in [6.07, 6.45) is 4.33. The third kappa shape index (κ3) is 1.01. The van der Waals surface area contributed by atoms with E-state index in [1.807, 2.05) is 6.08 Å². The van der Waals surface area contributed by atoms with Gasteiger partial charge in [0, 0.05) is 19.3 Å². The van der Waals surface area contributed by atoms with Crippen molar-refractivity contribution in [2.75, 3.05) is 0 Å². The molecule has 0 radical (unpaired) electrons. The van der Waals surface area contributed by atoms with Crippen LogP contribution in [0.25, 0.3) is 0 Å². The summed E-state index contributed by atoms with van der Waals surface area (Å²) in [7, 11) is 0. The second-order valence-corrected chi connectivity index (χ2v) is 5.24. The molecule has 2 saturated carbocycles. The minimum atomic E-state index is -0.937. The molecule has 4 rings (SSSR count). The van der Waals surface area contributed by atoms with Gasteiger partial charge in [-0.3, -0.25) is 0 Å². The average Bonchev–Trinajstić information content (AvgIpc) is 1.71. The Bertz CT molecular complexity index is 287. The van der Waals surface area contributed by atoms with E-state index in [2.05, 4.69) is 0 Å². The van der Waals surface area contributed by atoms with E-state index in [4.69, 9.17) is 0 Å². The van der Waals surface area contributed by atoms with E-state index >= 15 is 0 Å². The van der Waals surface area contributed by atoms with Crippen LogP contribution in [-0.2, 0) is 0 Å². The topological polar surface area (TPSA) is 60.7 Å². The van der Waals surface area contributed by atoms with Crippen LogP contribution in [0.4, 0.5) is 0 Å². The molecule has 0 saturated heterocycles. The zero-order chi connectivity index (χ0) is 9.32. The number of hydrogen-bond donors (Lipinski definition) is 3. The van der Waals surface area contributed by atoms with E-state index in [1.165, 1.54) is 0 Å². The molecule has 0 amide bonds. The van der Waals surface area contributed by atoms with Gasteiger partial charge in [0.2, 0.25) is 0 Å². The Morgan fingerprint density at radius 2 is 1.46 bits per heavy atom. The molecule has 0 aromatic carbocycles. The predicted octanol–water partition coefficient (Wildman–Crippen LogP) is 0.0974. The van der Waals surface area contributed by atoms with Gasteiger partial charge in [-0.1, -0.05) is 11.6 Å². The maximum atomic E-state index is 10.1. The quantitative estimate of drug-likeness (QED) is 0.465. The minimum Gasteiger partial charge on any atom is -0.389 e. The van der Waals surface area contributed by atoms with Crippen molar-refractivity contribution in [3.05, 3.63) is 11.6 Å². The van der Waals surface area contributed by atoms with Gasteiger partial charge in [0.15, 0.2) is 0 Å². The van der Waals surface area contributed by atoms with E-state index in [9.17, 15) is 15.3 Å². The van der Waals surface area contributed by atoms with Crippen molar-refractivity contribution in [2.45, 2.75) is 48.9 Å².